The van der Waals surface area contributed by atoms with Crippen LogP contribution in [0.15, 0.2) is 24.3 Å². The minimum atomic E-state index is -1.04. The van der Waals surface area contributed by atoms with Gasteiger partial charge in [0.1, 0.15) is 5.78 Å². The number of carbonyl (C=O) groups excluding carboxylic acids is 1. The summed E-state index contributed by atoms with van der Waals surface area (Å²) in [5.41, 5.74) is 2.22. The predicted octanol–water partition coefficient (Wildman–Crippen LogP) is 2.36. The molecule has 1 aromatic rings. The molecule has 98 valence electrons. The van der Waals surface area contributed by atoms with Crippen LogP contribution in [0.4, 0.5) is 0 Å². The Morgan fingerprint density at radius 3 is 2.58 bits per heavy atom. The SMILES string of the molecule is N#CCc1cc(/C=C/C(=O)O)cc(CC(=O)CBr)c1. The van der Waals surface area contributed by atoms with Gasteiger partial charge < -0.3 is 5.11 Å². The van der Waals surface area contributed by atoms with E-state index in [0.717, 1.165) is 17.2 Å². The van der Waals surface area contributed by atoms with Gasteiger partial charge in [-0.15, -0.1) is 0 Å². The van der Waals surface area contributed by atoms with E-state index in [1.165, 1.54) is 6.08 Å². The van der Waals surface area contributed by atoms with Gasteiger partial charge in [0, 0.05) is 12.5 Å². The van der Waals surface area contributed by atoms with E-state index in [1.54, 1.807) is 18.2 Å². The van der Waals surface area contributed by atoms with Gasteiger partial charge in [0.15, 0.2) is 0 Å². The number of alkyl halides is 1. The quantitative estimate of drug-likeness (QED) is 0.644. The third-order valence-electron chi connectivity index (χ3n) is 2.33. The summed E-state index contributed by atoms with van der Waals surface area (Å²) in [6.45, 7) is 0. The number of hydrogen-bond donors (Lipinski definition) is 1. The van der Waals surface area contributed by atoms with Crippen molar-refractivity contribution in [1.82, 2.24) is 0 Å². The summed E-state index contributed by atoms with van der Waals surface area (Å²) in [5.74, 6) is -1.01. The second kappa shape index (κ2) is 7.49. The number of benzene rings is 1. The van der Waals surface area contributed by atoms with Gasteiger partial charge in [-0.3, -0.25) is 4.79 Å². The van der Waals surface area contributed by atoms with Gasteiger partial charge in [-0.1, -0.05) is 34.1 Å². The van der Waals surface area contributed by atoms with E-state index in [9.17, 15) is 9.59 Å². The van der Waals surface area contributed by atoms with Crippen molar-refractivity contribution in [2.75, 3.05) is 5.33 Å². The molecule has 0 bridgehead atoms. The Morgan fingerprint density at radius 2 is 2.00 bits per heavy atom. The molecule has 0 aromatic heterocycles. The van der Waals surface area contributed by atoms with E-state index in [2.05, 4.69) is 15.9 Å². The largest absolute Gasteiger partial charge is 0.478 e. The number of nitrogens with zero attached hydrogens (tertiary/aromatic N) is 1. The number of carbonyl (C=O) groups is 2. The number of hydrogen-bond acceptors (Lipinski definition) is 3. The highest BCUT2D eigenvalue weighted by Crippen LogP contribution is 2.14. The molecule has 0 unspecified atom stereocenters. The molecule has 0 aliphatic carbocycles. The van der Waals surface area contributed by atoms with Crippen molar-refractivity contribution < 1.29 is 14.7 Å². The van der Waals surface area contributed by atoms with Crippen molar-refractivity contribution >= 4 is 33.8 Å². The normalized spacial score (nSPS) is 10.3. The molecule has 19 heavy (non-hydrogen) atoms. The lowest BCUT2D eigenvalue weighted by Crippen LogP contribution is -2.04. The third-order valence-corrected chi connectivity index (χ3v) is 2.95. The van der Waals surface area contributed by atoms with E-state index in [-0.39, 0.29) is 24.0 Å². The monoisotopic (exact) mass is 321 g/mol. The van der Waals surface area contributed by atoms with E-state index < -0.39 is 5.97 Å². The van der Waals surface area contributed by atoms with Crippen LogP contribution < -0.4 is 0 Å². The van der Waals surface area contributed by atoms with E-state index in [4.69, 9.17) is 10.4 Å². The van der Waals surface area contributed by atoms with Crippen molar-refractivity contribution in [1.29, 1.82) is 5.26 Å². The predicted molar refractivity (Wildman–Crippen MR) is 74.9 cm³/mol. The highest BCUT2D eigenvalue weighted by atomic mass is 79.9. The Bertz CT molecular complexity index is 558. The number of aliphatic carboxylic acids is 1. The average molecular weight is 322 g/mol. The second-order valence-electron chi connectivity index (χ2n) is 3.94. The molecule has 0 saturated carbocycles. The van der Waals surface area contributed by atoms with Gasteiger partial charge in [-0.2, -0.15) is 5.26 Å². The summed E-state index contributed by atoms with van der Waals surface area (Å²) in [7, 11) is 0. The lowest BCUT2D eigenvalue weighted by atomic mass is 10.0. The molecule has 0 aliphatic rings. The Balaban J connectivity index is 3.07. The molecule has 1 N–H and O–H groups in total. The Labute approximate surface area is 119 Å². The maximum absolute atomic E-state index is 11.4. The summed E-state index contributed by atoms with van der Waals surface area (Å²) in [4.78, 5) is 21.9. The first kappa shape index (κ1) is 15.1. The molecular weight excluding hydrogens is 310 g/mol. The van der Waals surface area contributed by atoms with E-state index >= 15 is 0 Å². The number of carboxylic acids is 1. The van der Waals surface area contributed by atoms with Crippen LogP contribution in [0.3, 0.4) is 0 Å². The van der Waals surface area contributed by atoms with E-state index in [1.807, 2.05) is 6.07 Å². The lowest BCUT2D eigenvalue weighted by Gasteiger charge is -2.04. The molecule has 1 rings (SSSR count). The van der Waals surface area contributed by atoms with Gasteiger partial charge in [0.05, 0.1) is 17.8 Å². The smallest absolute Gasteiger partial charge is 0.328 e. The van der Waals surface area contributed by atoms with Gasteiger partial charge in [0.2, 0.25) is 0 Å². The molecule has 0 radical (unpaired) electrons. The third kappa shape index (κ3) is 5.49. The highest BCUT2D eigenvalue weighted by Gasteiger charge is 2.05. The second-order valence-corrected chi connectivity index (χ2v) is 4.50. The maximum atomic E-state index is 11.4. The fraction of sp³-hybridized carbons (Fsp3) is 0.214. The van der Waals surface area contributed by atoms with Gasteiger partial charge in [0.25, 0.3) is 0 Å². The summed E-state index contributed by atoms with van der Waals surface area (Å²) in [6.07, 6.45) is 2.97. The van der Waals surface area contributed by atoms with E-state index in [0.29, 0.717) is 5.56 Å². The van der Waals surface area contributed by atoms with Crippen LogP contribution in [-0.4, -0.2) is 22.2 Å². The van der Waals surface area contributed by atoms with Crippen LogP contribution in [0.1, 0.15) is 16.7 Å². The zero-order chi connectivity index (χ0) is 14.3. The van der Waals surface area contributed by atoms with Crippen molar-refractivity contribution in [3.8, 4) is 6.07 Å². The molecule has 0 spiro atoms. The molecule has 1 aromatic carbocycles. The average Bonchev–Trinajstić information content (AvgIpc) is 2.36. The number of Topliss-reactive ketones (excluding diaryl/α,β-unsaturated/α-hetero) is 1. The molecule has 0 heterocycles. The standard InChI is InChI=1S/C14H12BrNO3/c15-9-13(17)8-12-6-10(1-2-14(18)19)5-11(7-12)3-4-16/h1-2,5-7H,3,8-9H2,(H,18,19)/b2-1+. The highest BCUT2D eigenvalue weighted by molar-refractivity contribution is 9.09. The molecule has 5 heteroatoms. The van der Waals surface area contributed by atoms with Crippen LogP contribution in [-0.2, 0) is 22.4 Å². The summed E-state index contributed by atoms with van der Waals surface area (Å²) >= 11 is 3.10. The van der Waals surface area contributed by atoms with Crippen LogP contribution >= 0.6 is 15.9 Å². The van der Waals surface area contributed by atoms with Crippen LogP contribution in [0.2, 0.25) is 0 Å². The topological polar surface area (TPSA) is 78.2 Å². The maximum Gasteiger partial charge on any atom is 0.328 e. The van der Waals surface area contributed by atoms with Crippen molar-refractivity contribution in [2.24, 2.45) is 0 Å². The van der Waals surface area contributed by atoms with Crippen LogP contribution in [0.5, 0.6) is 0 Å². The summed E-state index contributed by atoms with van der Waals surface area (Å²) < 4.78 is 0. The number of nitriles is 1. The fourth-order valence-corrected chi connectivity index (χ4v) is 1.82. The molecule has 0 fully saturated rings. The molecule has 0 saturated heterocycles. The zero-order valence-electron chi connectivity index (χ0n) is 10.1. The molecule has 0 atom stereocenters. The first-order valence-electron chi connectivity index (χ1n) is 5.53. The minimum Gasteiger partial charge on any atom is -0.478 e. The molecule has 0 amide bonds. The van der Waals surface area contributed by atoms with Crippen molar-refractivity contribution in [3.05, 3.63) is 41.0 Å². The molecule has 0 aliphatic heterocycles. The van der Waals surface area contributed by atoms with Gasteiger partial charge >= 0.3 is 5.97 Å². The molecular formula is C14H12BrNO3. The Kier molecular flexibility index (Phi) is 5.97. The summed E-state index contributed by atoms with van der Waals surface area (Å²) in [6, 6.07) is 7.32. The van der Waals surface area contributed by atoms with Crippen LogP contribution in [0, 0.1) is 11.3 Å². The lowest BCUT2D eigenvalue weighted by molar-refractivity contribution is -0.131. The van der Waals surface area contributed by atoms with Crippen molar-refractivity contribution in [2.45, 2.75) is 12.8 Å². The molecule has 4 nitrogen and oxygen atoms in total. The number of carboxylic acid groups (broad SMARTS) is 1. The zero-order valence-corrected chi connectivity index (χ0v) is 11.7. The Morgan fingerprint density at radius 1 is 1.32 bits per heavy atom. The van der Waals surface area contributed by atoms with Gasteiger partial charge in [-0.05, 0) is 22.8 Å². The fourth-order valence-electron chi connectivity index (χ4n) is 1.63. The first-order chi connectivity index (χ1) is 9.05. The number of rotatable bonds is 6. The van der Waals surface area contributed by atoms with Crippen molar-refractivity contribution in [3.63, 3.8) is 0 Å². The first-order valence-corrected chi connectivity index (χ1v) is 6.65. The number of ketones is 1. The Hall–Kier alpha value is -1.93. The van der Waals surface area contributed by atoms with Gasteiger partial charge in [-0.25, -0.2) is 4.79 Å². The minimum absolute atomic E-state index is 0.0299. The summed E-state index contributed by atoms with van der Waals surface area (Å²) in [5, 5.41) is 17.6. The van der Waals surface area contributed by atoms with Crippen LogP contribution in [0.25, 0.3) is 6.08 Å². The number of halogens is 1.